The molecule has 0 saturated heterocycles. The highest BCUT2D eigenvalue weighted by Gasteiger charge is 2.35. The first kappa shape index (κ1) is 33.9. The van der Waals surface area contributed by atoms with Crippen LogP contribution in [0.4, 0.5) is 10.1 Å². The van der Waals surface area contributed by atoms with E-state index in [4.69, 9.17) is 0 Å². The molecule has 1 aliphatic carbocycles. The van der Waals surface area contributed by atoms with Crippen molar-refractivity contribution in [3.05, 3.63) is 131 Å². The molecular weight excluding hydrogens is 614 g/mol. The van der Waals surface area contributed by atoms with Crippen molar-refractivity contribution in [1.29, 1.82) is 0 Å². The van der Waals surface area contributed by atoms with Crippen LogP contribution >= 0.6 is 0 Å². The number of sulfonamides is 1. The average molecular weight is 656 g/mol. The van der Waals surface area contributed by atoms with E-state index >= 15 is 0 Å². The van der Waals surface area contributed by atoms with Crippen LogP contribution in [0.2, 0.25) is 0 Å². The molecule has 4 aromatic carbocycles. The third-order valence-electron chi connectivity index (χ3n) is 8.70. The van der Waals surface area contributed by atoms with Crippen molar-refractivity contribution in [2.75, 3.05) is 10.8 Å². The number of aryl methyl sites for hydroxylation is 2. The van der Waals surface area contributed by atoms with Gasteiger partial charge in [-0.25, -0.2) is 12.8 Å². The van der Waals surface area contributed by atoms with Crippen LogP contribution in [0.1, 0.15) is 54.4 Å². The predicted octanol–water partition coefficient (Wildman–Crippen LogP) is 6.73. The highest BCUT2D eigenvalue weighted by molar-refractivity contribution is 7.92. The summed E-state index contributed by atoms with van der Waals surface area (Å²) < 4.78 is 43.2. The Morgan fingerprint density at radius 1 is 0.787 bits per heavy atom. The number of rotatable bonds is 12. The zero-order valence-corrected chi connectivity index (χ0v) is 27.8. The quantitative estimate of drug-likeness (QED) is 0.184. The molecule has 1 aliphatic rings. The summed E-state index contributed by atoms with van der Waals surface area (Å²) in [5.74, 6) is -1.35. The van der Waals surface area contributed by atoms with E-state index in [1.807, 2.05) is 68.4 Å². The number of hydrogen-bond acceptors (Lipinski definition) is 4. The van der Waals surface area contributed by atoms with Crippen molar-refractivity contribution in [1.82, 2.24) is 10.2 Å². The minimum absolute atomic E-state index is 0.00110. The molecule has 0 aromatic heterocycles. The SMILES string of the molecule is Cc1ccc(CN(C(=O)CN(c2ccc(F)cc2)S(=O)(=O)c2ccc(C)cc2)C(Cc2ccccc2)C(=O)NC2CCCCC2)cc1. The molecule has 7 nitrogen and oxygen atoms in total. The Morgan fingerprint density at radius 3 is 2.00 bits per heavy atom. The third-order valence-corrected chi connectivity index (χ3v) is 10.5. The van der Waals surface area contributed by atoms with Crippen LogP contribution in [0.3, 0.4) is 0 Å². The lowest BCUT2D eigenvalue weighted by Gasteiger charge is -2.35. The predicted molar refractivity (Wildman–Crippen MR) is 183 cm³/mol. The summed E-state index contributed by atoms with van der Waals surface area (Å²) in [6.45, 7) is 3.33. The largest absolute Gasteiger partial charge is 0.352 e. The highest BCUT2D eigenvalue weighted by Crippen LogP contribution is 2.26. The van der Waals surface area contributed by atoms with Gasteiger partial charge < -0.3 is 10.2 Å². The molecule has 5 rings (SSSR count). The van der Waals surface area contributed by atoms with E-state index in [0.717, 1.165) is 70.8 Å². The fraction of sp³-hybridized carbons (Fsp3) is 0.316. The Kier molecular flexibility index (Phi) is 11.1. The van der Waals surface area contributed by atoms with Crippen LogP contribution in [0.25, 0.3) is 0 Å². The van der Waals surface area contributed by atoms with Crippen LogP contribution in [-0.4, -0.2) is 43.8 Å². The van der Waals surface area contributed by atoms with Crippen molar-refractivity contribution in [2.45, 2.75) is 75.9 Å². The second-order valence-electron chi connectivity index (χ2n) is 12.4. The summed E-state index contributed by atoms with van der Waals surface area (Å²) in [6.07, 6.45) is 5.20. The van der Waals surface area contributed by atoms with E-state index in [-0.39, 0.29) is 35.5 Å². The molecule has 0 bridgehead atoms. The molecule has 246 valence electrons. The number of halogens is 1. The van der Waals surface area contributed by atoms with E-state index in [9.17, 15) is 22.4 Å². The third kappa shape index (κ3) is 8.86. The van der Waals surface area contributed by atoms with Gasteiger partial charge in [0.2, 0.25) is 11.8 Å². The summed E-state index contributed by atoms with van der Waals surface area (Å²) in [5.41, 5.74) is 3.75. The van der Waals surface area contributed by atoms with E-state index in [1.165, 1.54) is 29.2 Å². The van der Waals surface area contributed by atoms with E-state index in [1.54, 1.807) is 12.1 Å². The van der Waals surface area contributed by atoms with E-state index in [0.29, 0.717) is 0 Å². The van der Waals surface area contributed by atoms with E-state index in [2.05, 4.69) is 5.32 Å². The lowest BCUT2D eigenvalue weighted by molar-refractivity contribution is -0.140. The van der Waals surface area contributed by atoms with Crippen LogP contribution in [0.5, 0.6) is 0 Å². The number of anilines is 1. The Hall–Kier alpha value is -4.50. The van der Waals surface area contributed by atoms with Crippen LogP contribution < -0.4 is 9.62 Å². The Balaban J connectivity index is 1.55. The minimum Gasteiger partial charge on any atom is -0.352 e. The zero-order valence-electron chi connectivity index (χ0n) is 26.9. The highest BCUT2D eigenvalue weighted by atomic mass is 32.2. The molecule has 1 saturated carbocycles. The van der Waals surface area contributed by atoms with Crippen molar-refractivity contribution in [3.63, 3.8) is 0 Å². The van der Waals surface area contributed by atoms with Gasteiger partial charge in [-0.1, -0.05) is 97.1 Å². The number of nitrogens with zero attached hydrogens (tertiary/aromatic N) is 2. The molecule has 0 radical (unpaired) electrons. The van der Waals surface area contributed by atoms with Crippen molar-refractivity contribution in [3.8, 4) is 0 Å². The van der Waals surface area contributed by atoms with Gasteiger partial charge in [0.05, 0.1) is 10.6 Å². The first-order chi connectivity index (χ1) is 22.6. The van der Waals surface area contributed by atoms with E-state index < -0.39 is 34.3 Å². The normalized spacial score (nSPS) is 14.3. The standard InChI is InChI=1S/C38H42FN3O4S/c1-28-13-17-31(18-14-28)26-41(36(25-30-9-5-3-6-10-30)38(44)40-33-11-7-4-8-12-33)37(43)27-42(34-21-19-32(39)20-22-34)47(45,46)35-23-15-29(2)16-24-35/h3,5-6,9-10,13-24,33,36H,4,7-8,11-12,25-27H2,1-2H3,(H,40,44). The number of carbonyl (C=O) groups is 2. The Bertz CT molecular complexity index is 1740. The fourth-order valence-corrected chi connectivity index (χ4v) is 7.38. The average Bonchev–Trinajstić information content (AvgIpc) is 3.07. The summed E-state index contributed by atoms with van der Waals surface area (Å²) in [7, 11) is -4.26. The molecule has 1 fully saturated rings. The van der Waals surface area contributed by atoms with Crippen LogP contribution in [0, 0.1) is 19.7 Å². The van der Waals surface area contributed by atoms with Gasteiger partial charge >= 0.3 is 0 Å². The molecule has 1 N–H and O–H groups in total. The number of carbonyl (C=O) groups excluding carboxylic acids is 2. The van der Waals surface area contributed by atoms with Crippen molar-refractivity contribution in [2.24, 2.45) is 0 Å². The second kappa shape index (κ2) is 15.4. The monoisotopic (exact) mass is 655 g/mol. The molecule has 9 heteroatoms. The second-order valence-corrected chi connectivity index (χ2v) is 14.2. The van der Waals surface area contributed by atoms with Gasteiger partial charge in [-0.2, -0.15) is 0 Å². The lowest BCUT2D eigenvalue weighted by atomic mass is 9.94. The van der Waals surface area contributed by atoms with Gasteiger partial charge in [0, 0.05) is 19.0 Å². The Morgan fingerprint density at radius 2 is 1.38 bits per heavy atom. The maximum Gasteiger partial charge on any atom is 0.264 e. The molecule has 2 amide bonds. The van der Waals surface area contributed by atoms with Gasteiger partial charge in [0.15, 0.2) is 0 Å². The molecule has 4 aromatic rings. The minimum atomic E-state index is -4.26. The topological polar surface area (TPSA) is 86.8 Å². The number of benzene rings is 4. The van der Waals surface area contributed by atoms with Gasteiger partial charge in [-0.3, -0.25) is 13.9 Å². The number of nitrogens with one attached hydrogen (secondary N) is 1. The Labute approximate surface area is 277 Å². The van der Waals surface area contributed by atoms with Gasteiger partial charge in [-0.05, 0) is 74.2 Å². The molecule has 47 heavy (non-hydrogen) atoms. The van der Waals surface area contributed by atoms with Crippen LogP contribution in [0.15, 0.2) is 108 Å². The summed E-state index contributed by atoms with van der Waals surface area (Å²) in [5, 5.41) is 3.22. The molecule has 0 spiro atoms. The maximum absolute atomic E-state index is 14.6. The summed E-state index contributed by atoms with van der Waals surface area (Å²) in [6, 6.07) is 27.7. The number of hydrogen-bond donors (Lipinski definition) is 1. The molecular formula is C38H42FN3O4S. The van der Waals surface area contributed by atoms with Crippen LogP contribution in [-0.2, 0) is 32.6 Å². The van der Waals surface area contributed by atoms with Gasteiger partial charge in [0.25, 0.3) is 10.0 Å². The fourth-order valence-electron chi connectivity index (χ4n) is 5.96. The summed E-state index contributed by atoms with van der Waals surface area (Å²) >= 11 is 0. The smallest absolute Gasteiger partial charge is 0.264 e. The molecule has 0 aliphatic heterocycles. The molecule has 1 unspecified atom stereocenters. The zero-order chi connectivity index (χ0) is 33.4. The first-order valence-electron chi connectivity index (χ1n) is 16.1. The molecule has 0 heterocycles. The molecule has 1 atom stereocenters. The lowest BCUT2D eigenvalue weighted by Crippen LogP contribution is -2.55. The van der Waals surface area contributed by atoms with Crippen molar-refractivity contribution >= 4 is 27.5 Å². The summed E-state index contributed by atoms with van der Waals surface area (Å²) in [4.78, 5) is 30.3. The first-order valence-corrected chi connectivity index (χ1v) is 17.6. The van der Waals surface area contributed by atoms with Gasteiger partial charge in [0.1, 0.15) is 18.4 Å². The number of amides is 2. The van der Waals surface area contributed by atoms with Crippen molar-refractivity contribution < 1.29 is 22.4 Å². The maximum atomic E-state index is 14.6. The van der Waals surface area contributed by atoms with Gasteiger partial charge in [-0.15, -0.1) is 0 Å².